The minimum atomic E-state index is 0.951. The summed E-state index contributed by atoms with van der Waals surface area (Å²) in [6.07, 6.45) is 8.05. The summed E-state index contributed by atoms with van der Waals surface area (Å²) in [4.78, 5) is 9.87. The van der Waals surface area contributed by atoms with Gasteiger partial charge in [-0.1, -0.05) is 18.7 Å². The van der Waals surface area contributed by atoms with Crippen LogP contribution in [-0.4, -0.2) is 42.2 Å². The van der Waals surface area contributed by atoms with Gasteiger partial charge in [0.05, 0.1) is 0 Å². The molecule has 124 valence electrons. The van der Waals surface area contributed by atoms with E-state index in [1.165, 1.54) is 27.2 Å². The first-order valence-corrected chi connectivity index (χ1v) is 9.14. The summed E-state index contributed by atoms with van der Waals surface area (Å²) in [6.45, 7) is 5.13. The number of nitrogens with zero attached hydrogens (tertiary/aromatic N) is 3. The lowest BCUT2D eigenvalue weighted by atomic mass is 9.91. The minimum absolute atomic E-state index is 0.951. The molecule has 0 N–H and O–H groups in total. The highest BCUT2D eigenvalue weighted by atomic mass is 32.2. The van der Waals surface area contributed by atoms with E-state index in [4.69, 9.17) is 0 Å². The third kappa shape index (κ3) is 3.12. The van der Waals surface area contributed by atoms with Crippen LogP contribution in [0.3, 0.4) is 0 Å². The summed E-state index contributed by atoms with van der Waals surface area (Å²) < 4.78 is 0. The molecule has 0 saturated carbocycles. The molecule has 1 aliphatic rings. The van der Waals surface area contributed by atoms with E-state index in [2.05, 4.69) is 72.2 Å². The molecular weight excluding hydrogens is 314 g/mol. The van der Waals surface area contributed by atoms with Gasteiger partial charge in [0, 0.05) is 53.9 Å². The zero-order valence-electron chi connectivity index (χ0n) is 14.7. The van der Waals surface area contributed by atoms with Crippen LogP contribution in [0.5, 0.6) is 0 Å². The van der Waals surface area contributed by atoms with E-state index in [0.717, 1.165) is 17.8 Å². The second-order valence-corrected chi connectivity index (χ2v) is 7.13. The standard InChI is InChI=1S/C20H23N3S/c1-14-18-11-21-9-8-17(18)19(13-23(14)4)15-6-7-16(12-22(2)3)20(10-15)24-5/h6-11,13H,1,12H2,2-5H3. The average molecular weight is 337 g/mol. The Bertz CT molecular complexity index is 808. The van der Waals surface area contributed by atoms with E-state index in [0.29, 0.717) is 0 Å². The summed E-state index contributed by atoms with van der Waals surface area (Å²) in [5, 5.41) is 0. The minimum Gasteiger partial charge on any atom is -0.350 e. The van der Waals surface area contributed by atoms with Crippen molar-refractivity contribution in [1.82, 2.24) is 14.8 Å². The van der Waals surface area contributed by atoms with Gasteiger partial charge in [0.1, 0.15) is 0 Å². The van der Waals surface area contributed by atoms with Crippen molar-refractivity contribution >= 4 is 23.0 Å². The number of thioether (sulfide) groups is 1. The first-order valence-electron chi connectivity index (χ1n) is 7.91. The molecule has 0 bridgehead atoms. The van der Waals surface area contributed by atoms with Gasteiger partial charge in [-0.2, -0.15) is 0 Å². The van der Waals surface area contributed by atoms with Crippen LogP contribution in [0.1, 0.15) is 22.3 Å². The van der Waals surface area contributed by atoms with Crippen molar-refractivity contribution in [3.05, 3.63) is 71.7 Å². The van der Waals surface area contributed by atoms with Gasteiger partial charge in [0.15, 0.2) is 0 Å². The van der Waals surface area contributed by atoms with Crippen LogP contribution in [0, 0.1) is 0 Å². The summed E-state index contributed by atoms with van der Waals surface area (Å²) in [5.41, 5.74) is 7.08. The molecule has 2 aromatic rings. The fraction of sp³-hybridized carbons (Fsp3) is 0.250. The van der Waals surface area contributed by atoms with Crippen LogP contribution in [0.25, 0.3) is 11.3 Å². The number of pyridine rings is 1. The number of hydrogen-bond acceptors (Lipinski definition) is 4. The molecule has 0 spiro atoms. The third-order valence-electron chi connectivity index (χ3n) is 4.26. The predicted molar refractivity (Wildman–Crippen MR) is 104 cm³/mol. The topological polar surface area (TPSA) is 19.4 Å². The van der Waals surface area contributed by atoms with Gasteiger partial charge in [0.25, 0.3) is 0 Å². The lowest BCUT2D eigenvalue weighted by Gasteiger charge is -2.28. The van der Waals surface area contributed by atoms with Crippen molar-refractivity contribution < 1.29 is 0 Å². The highest BCUT2D eigenvalue weighted by Crippen LogP contribution is 2.37. The summed E-state index contributed by atoms with van der Waals surface area (Å²) in [7, 11) is 6.24. The van der Waals surface area contributed by atoms with Crippen molar-refractivity contribution in [1.29, 1.82) is 0 Å². The van der Waals surface area contributed by atoms with Crippen molar-refractivity contribution in [3.63, 3.8) is 0 Å². The van der Waals surface area contributed by atoms with Gasteiger partial charge in [0.2, 0.25) is 0 Å². The van der Waals surface area contributed by atoms with E-state index < -0.39 is 0 Å². The second-order valence-electron chi connectivity index (χ2n) is 6.29. The smallest absolute Gasteiger partial charge is 0.0426 e. The van der Waals surface area contributed by atoms with Crippen molar-refractivity contribution in [2.75, 3.05) is 27.4 Å². The number of benzene rings is 1. The maximum absolute atomic E-state index is 4.27. The van der Waals surface area contributed by atoms with Crippen LogP contribution in [-0.2, 0) is 6.54 Å². The molecule has 3 rings (SSSR count). The van der Waals surface area contributed by atoms with Gasteiger partial charge in [-0.3, -0.25) is 4.98 Å². The van der Waals surface area contributed by atoms with Crippen LogP contribution in [0.4, 0.5) is 0 Å². The molecule has 0 atom stereocenters. The molecule has 1 aromatic carbocycles. The number of hydrogen-bond donors (Lipinski definition) is 0. The average Bonchev–Trinajstić information content (AvgIpc) is 2.58. The molecule has 0 unspecified atom stereocenters. The molecule has 4 heteroatoms. The van der Waals surface area contributed by atoms with Crippen LogP contribution in [0.2, 0.25) is 0 Å². The van der Waals surface area contributed by atoms with E-state index in [1.54, 1.807) is 11.8 Å². The fourth-order valence-electron chi connectivity index (χ4n) is 3.00. The lowest BCUT2D eigenvalue weighted by molar-refractivity contribution is 0.399. The fourth-order valence-corrected chi connectivity index (χ4v) is 3.64. The molecule has 0 saturated heterocycles. The zero-order valence-corrected chi connectivity index (χ0v) is 15.5. The quantitative estimate of drug-likeness (QED) is 0.780. The molecule has 24 heavy (non-hydrogen) atoms. The van der Waals surface area contributed by atoms with E-state index in [-0.39, 0.29) is 0 Å². The van der Waals surface area contributed by atoms with Gasteiger partial charge in [-0.05, 0) is 49.2 Å². The number of fused-ring (bicyclic) bond motifs is 1. The van der Waals surface area contributed by atoms with Crippen molar-refractivity contribution in [2.45, 2.75) is 11.4 Å². The van der Waals surface area contributed by atoms with E-state index in [1.807, 2.05) is 19.4 Å². The zero-order chi connectivity index (χ0) is 17.3. The van der Waals surface area contributed by atoms with Gasteiger partial charge < -0.3 is 9.80 Å². The Morgan fingerprint density at radius 1 is 1.21 bits per heavy atom. The lowest BCUT2D eigenvalue weighted by Crippen LogP contribution is -2.16. The van der Waals surface area contributed by atoms with Gasteiger partial charge in [-0.15, -0.1) is 11.8 Å². The Morgan fingerprint density at radius 2 is 2.00 bits per heavy atom. The Labute approximate surface area is 148 Å². The maximum atomic E-state index is 4.27. The molecule has 3 nitrogen and oxygen atoms in total. The molecule has 0 aliphatic carbocycles. The van der Waals surface area contributed by atoms with E-state index in [9.17, 15) is 0 Å². The van der Waals surface area contributed by atoms with Crippen molar-refractivity contribution in [2.24, 2.45) is 0 Å². The molecule has 1 aromatic heterocycles. The molecule has 0 amide bonds. The number of aromatic nitrogens is 1. The Kier molecular flexibility index (Phi) is 4.78. The molecule has 0 radical (unpaired) electrons. The Morgan fingerprint density at radius 3 is 2.71 bits per heavy atom. The SMILES string of the molecule is C=C1c2cnccc2C(c2ccc(CN(C)C)c(SC)c2)=CN1C. The molecule has 2 heterocycles. The van der Waals surface area contributed by atoms with Crippen molar-refractivity contribution in [3.8, 4) is 0 Å². The summed E-state index contributed by atoms with van der Waals surface area (Å²) in [5.74, 6) is 0. The highest BCUT2D eigenvalue weighted by molar-refractivity contribution is 7.98. The second kappa shape index (κ2) is 6.83. The normalized spacial score (nSPS) is 14.0. The van der Waals surface area contributed by atoms with Crippen LogP contribution < -0.4 is 0 Å². The Hall–Kier alpha value is -2.04. The monoisotopic (exact) mass is 337 g/mol. The first kappa shape index (κ1) is 16.8. The first-order chi connectivity index (χ1) is 11.5. The van der Waals surface area contributed by atoms with Gasteiger partial charge >= 0.3 is 0 Å². The maximum Gasteiger partial charge on any atom is 0.0426 e. The van der Waals surface area contributed by atoms with E-state index >= 15 is 0 Å². The van der Waals surface area contributed by atoms with Gasteiger partial charge in [-0.25, -0.2) is 0 Å². The largest absolute Gasteiger partial charge is 0.350 e. The Balaban J connectivity index is 2.08. The molecule has 1 aliphatic heterocycles. The summed E-state index contributed by atoms with van der Waals surface area (Å²) in [6, 6.07) is 8.83. The molecule has 0 fully saturated rings. The third-order valence-corrected chi connectivity index (χ3v) is 5.08. The van der Waals surface area contributed by atoms with Crippen LogP contribution >= 0.6 is 11.8 Å². The molecular formula is C20H23N3S. The van der Waals surface area contributed by atoms with Crippen LogP contribution in [0.15, 0.2) is 54.3 Å². The number of rotatable bonds is 4. The predicted octanol–water partition coefficient (Wildman–Crippen LogP) is 4.17. The summed E-state index contributed by atoms with van der Waals surface area (Å²) >= 11 is 1.80. The highest BCUT2D eigenvalue weighted by Gasteiger charge is 2.20.